The van der Waals surface area contributed by atoms with Crippen LogP contribution in [0.25, 0.3) is 0 Å². The summed E-state index contributed by atoms with van der Waals surface area (Å²) in [5.74, 6) is -2.12. The summed E-state index contributed by atoms with van der Waals surface area (Å²) < 4.78 is 43.8. The largest absolute Gasteiger partial charge is 0.493 e. The van der Waals surface area contributed by atoms with Crippen molar-refractivity contribution in [2.75, 3.05) is 25.6 Å². The van der Waals surface area contributed by atoms with Gasteiger partial charge < -0.3 is 30.0 Å². The van der Waals surface area contributed by atoms with Crippen LogP contribution >= 0.6 is 11.6 Å². The summed E-state index contributed by atoms with van der Waals surface area (Å²) >= 11 is 5.80. The van der Waals surface area contributed by atoms with E-state index < -0.39 is 31.0 Å². The van der Waals surface area contributed by atoms with E-state index in [4.69, 9.17) is 31.5 Å². The van der Waals surface area contributed by atoms with E-state index in [-0.39, 0.29) is 40.1 Å². The van der Waals surface area contributed by atoms with Crippen molar-refractivity contribution >= 4 is 35.1 Å². The van der Waals surface area contributed by atoms with E-state index in [9.17, 15) is 23.2 Å². The molecule has 0 aromatic heterocycles. The van der Waals surface area contributed by atoms with Gasteiger partial charge >= 0.3 is 12.6 Å². The summed E-state index contributed by atoms with van der Waals surface area (Å²) in [6, 6.07) is 7.68. The number of hydrogen-bond acceptors (Lipinski definition) is 7. The van der Waals surface area contributed by atoms with Crippen molar-refractivity contribution in [3.8, 4) is 17.2 Å². The van der Waals surface area contributed by atoms with Gasteiger partial charge in [0.05, 0.1) is 17.7 Å². The Balaban J connectivity index is 1.94. The third kappa shape index (κ3) is 7.30. The molecule has 166 valence electrons. The highest BCUT2D eigenvalue weighted by Crippen LogP contribution is 2.29. The van der Waals surface area contributed by atoms with Gasteiger partial charge in [-0.05, 0) is 36.4 Å². The fraction of sp³-hybridized carbons (Fsp3) is 0.211. The maximum Gasteiger partial charge on any atom is 0.387 e. The lowest BCUT2D eigenvalue weighted by molar-refractivity contribution is -0.120. The summed E-state index contributed by atoms with van der Waals surface area (Å²) in [6.07, 6.45) is 0. The molecule has 0 heterocycles. The molecule has 0 saturated carbocycles. The summed E-state index contributed by atoms with van der Waals surface area (Å²) in [5, 5.41) is 2.26. The first kappa shape index (κ1) is 23.7. The molecule has 12 heteroatoms. The lowest BCUT2D eigenvalue weighted by Crippen LogP contribution is -2.21. The molecule has 0 aliphatic rings. The number of esters is 1. The Morgan fingerprint density at radius 1 is 1.06 bits per heavy atom. The number of carbonyl (C=O) groups excluding carboxylic acids is 3. The van der Waals surface area contributed by atoms with Gasteiger partial charge in [-0.1, -0.05) is 11.6 Å². The molecule has 0 aliphatic carbocycles. The maximum atomic E-state index is 12.2. The van der Waals surface area contributed by atoms with E-state index in [2.05, 4.69) is 10.1 Å². The fourth-order valence-electron chi connectivity index (χ4n) is 2.24. The minimum absolute atomic E-state index is 0.0626. The lowest BCUT2D eigenvalue weighted by atomic mass is 10.2. The number of rotatable bonds is 10. The van der Waals surface area contributed by atoms with E-state index in [0.717, 1.165) is 6.07 Å². The Hall–Kier alpha value is -3.60. The Labute approximate surface area is 180 Å². The molecule has 2 aromatic carbocycles. The topological polar surface area (TPSA) is 126 Å². The molecule has 2 rings (SSSR count). The SMILES string of the molecule is COc1cc(C(=O)OCC(=O)Nc2ccc(OC(F)F)c(Cl)c2)ccc1OCC(N)=O. The van der Waals surface area contributed by atoms with Crippen molar-refractivity contribution in [2.45, 2.75) is 6.61 Å². The van der Waals surface area contributed by atoms with Crippen molar-refractivity contribution in [1.29, 1.82) is 0 Å². The molecule has 2 amide bonds. The predicted molar refractivity (Wildman–Crippen MR) is 105 cm³/mol. The second-order valence-electron chi connectivity index (χ2n) is 5.77. The number of ether oxygens (including phenoxy) is 4. The number of alkyl halides is 2. The first-order chi connectivity index (χ1) is 14.7. The lowest BCUT2D eigenvalue weighted by Gasteiger charge is -2.11. The molecule has 0 atom stereocenters. The highest BCUT2D eigenvalue weighted by molar-refractivity contribution is 6.32. The highest BCUT2D eigenvalue weighted by atomic mass is 35.5. The van der Waals surface area contributed by atoms with Gasteiger partial charge in [-0.3, -0.25) is 9.59 Å². The number of nitrogens with one attached hydrogen (secondary N) is 1. The molecule has 0 spiro atoms. The van der Waals surface area contributed by atoms with Crippen LogP contribution < -0.4 is 25.3 Å². The second-order valence-corrected chi connectivity index (χ2v) is 6.18. The van der Waals surface area contributed by atoms with Gasteiger partial charge in [-0.2, -0.15) is 8.78 Å². The molecule has 2 aromatic rings. The van der Waals surface area contributed by atoms with Crippen LogP contribution in [-0.4, -0.2) is 44.7 Å². The third-order valence-corrected chi connectivity index (χ3v) is 3.83. The van der Waals surface area contributed by atoms with Gasteiger partial charge in [0, 0.05) is 5.69 Å². The van der Waals surface area contributed by atoms with Crippen LogP contribution in [0.15, 0.2) is 36.4 Å². The van der Waals surface area contributed by atoms with Crippen molar-refractivity contribution in [1.82, 2.24) is 0 Å². The Morgan fingerprint density at radius 2 is 1.77 bits per heavy atom. The zero-order valence-corrected chi connectivity index (χ0v) is 16.8. The van der Waals surface area contributed by atoms with Crippen LogP contribution in [0.2, 0.25) is 5.02 Å². The first-order valence-electron chi connectivity index (χ1n) is 8.50. The Morgan fingerprint density at radius 3 is 2.39 bits per heavy atom. The number of methoxy groups -OCH3 is 1. The molecule has 0 fully saturated rings. The molecule has 0 bridgehead atoms. The average molecular weight is 459 g/mol. The van der Waals surface area contributed by atoms with Gasteiger partial charge in [-0.15, -0.1) is 0 Å². The normalized spacial score (nSPS) is 10.4. The molecule has 3 N–H and O–H groups in total. The number of nitrogens with two attached hydrogens (primary N) is 1. The molecule has 31 heavy (non-hydrogen) atoms. The van der Waals surface area contributed by atoms with Crippen molar-refractivity contribution in [3.63, 3.8) is 0 Å². The molecule has 0 radical (unpaired) electrons. The quantitative estimate of drug-likeness (QED) is 0.524. The monoisotopic (exact) mass is 458 g/mol. The fourth-order valence-corrected chi connectivity index (χ4v) is 2.47. The van der Waals surface area contributed by atoms with Crippen LogP contribution in [0.5, 0.6) is 17.2 Å². The van der Waals surface area contributed by atoms with Gasteiger partial charge in [0.25, 0.3) is 11.8 Å². The van der Waals surface area contributed by atoms with E-state index in [1.54, 1.807) is 0 Å². The minimum Gasteiger partial charge on any atom is -0.493 e. The van der Waals surface area contributed by atoms with E-state index in [1.807, 2.05) is 0 Å². The number of halogens is 3. The van der Waals surface area contributed by atoms with Crippen molar-refractivity contribution in [3.05, 3.63) is 47.0 Å². The zero-order valence-electron chi connectivity index (χ0n) is 16.0. The van der Waals surface area contributed by atoms with Gasteiger partial charge in [0.1, 0.15) is 5.75 Å². The minimum atomic E-state index is -3.04. The van der Waals surface area contributed by atoms with Crippen LogP contribution in [0.1, 0.15) is 10.4 Å². The standard InChI is InChI=1S/C19H17ClF2N2O7/c1-28-15-6-10(2-4-14(15)29-8-16(23)25)18(27)30-9-17(26)24-11-3-5-13(12(20)7-11)31-19(21)22/h2-7,19H,8-9H2,1H3,(H2,23,25)(H,24,26). The number of hydrogen-bond donors (Lipinski definition) is 2. The van der Waals surface area contributed by atoms with Crippen LogP contribution in [0, 0.1) is 0 Å². The number of primary amides is 1. The molecule has 0 saturated heterocycles. The molecule has 0 aliphatic heterocycles. The zero-order chi connectivity index (χ0) is 23.0. The van der Waals surface area contributed by atoms with Crippen LogP contribution in [0.4, 0.5) is 14.5 Å². The maximum absolute atomic E-state index is 12.2. The molecule has 9 nitrogen and oxygen atoms in total. The third-order valence-electron chi connectivity index (χ3n) is 3.54. The summed E-state index contributed by atoms with van der Waals surface area (Å²) in [6.45, 7) is -4.05. The Kier molecular flexibility index (Phi) is 8.38. The van der Waals surface area contributed by atoms with Gasteiger partial charge in [0.15, 0.2) is 24.7 Å². The first-order valence-corrected chi connectivity index (χ1v) is 8.88. The molecular weight excluding hydrogens is 442 g/mol. The van der Waals surface area contributed by atoms with E-state index >= 15 is 0 Å². The smallest absolute Gasteiger partial charge is 0.387 e. The Bertz CT molecular complexity index is 972. The average Bonchev–Trinajstić information content (AvgIpc) is 2.72. The number of benzene rings is 2. The molecule has 0 unspecified atom stereocenters. The van der Waals surface area contributed by atoms with Gasteiger partial charge in [0.2, 0.25) is 0 Å². The highest BCUT2D eigenvalue weighted by Gasteiger charge is 2.15. The molecular formula is C19H17ClF2N2O7. The second kappa shape index (κ2) is 11.0. The van der Waals surface area contributed by atoms with Crippen LogP contribution in [-0.2, 0) is 14.3 Å². The van der Waals surface area contributed by atoms with Crippen LogP contribution in [0.3, 0.4) is 0 Å². The van der Waals surface area contributed by atoms with Crippen molar-refractivity contribution < 1.29 is 42.1 Å². The predicted octanol–water partition coefficient (Wildman–Crippen LogP) is 2.61. The number of carbonyl (C=O) groups is 3. The van der Waals surface area contributed by atoms with E-state index in [1.165, 1.54) is 37.4 Å². The number of anilines is 1. The summed E-state index contributed by atoms with van der Waals surface area (Å²) in [5.41, 5.74) is 5.26. The summed E-state index contributed by atoms with van der Waals surface area (Å²) in [4.78, 5) is 35.0. The van der Waals surface area contributed by atoms with Crippen molar-refractivity contribution in [2.24, 2.45) is 5.73 Å². The van der Waals surface area contributed by atoms with Gasteiger partial charge in [-0.25, -0.2) is 4.79 Å². The summed E-state index contributed by atoms with van der Waals surface area (Å²) in [7, 11) is 1.33. The number of amides is 2. The van der Waals surface area contributed by atoms with E-state index in [0.29, 0.717) is 0 Å².